The van der Waals surface area contributed by atoms with E-state index >= 15 is 0 Å². The largest absolute Gasteiger partial charge is 0.496 e. The summed E-state index contributed by atoms with van der Waals surface area (Å²) >= 11 is 12.8. The molecular formula is C32H32Cl2N4O3. The highest BCUT2D eigenvalue weighted by molar-refractivity contribution is 6.31. The monoisotopic (exact) mass is 590 g/mol. The van der Waals surface area contributed by atoms with Gasteiger partial charge in [-0.15, -0.1) is 0 Å². The molecule has 0 unspecified atom stereocenters. The predicted molar refractivity (Wildman–Crippen MR) is 164 cm³/mol. The molecule has 1 aliphatic heterocycles. The molecule has 2 amide bonds. The Morgan fingerprint density at radius 1 is 0.976 bits per heavy atom. The Morgan fingerprint density at radius 2 is 1.66 bits per heavy atom. The van der Waals surface area contributed by atoms with Gasteiger partial charge >= 0.3 is 0 Å². The number of halogens is 2. The van der Waals surface area contributed by atoms with Crippen LogP contribution in [0.25, 0.3) is 11.4 Å². The van der Waals surface area contributed by atoms with Crippen LogP contribution in [0.2, 0.25) is 10.0 Å². The van der Waals surface area contributed by atoms with Crippen LogP contribution in [0.15, 0.2) is 54.6 Å². The van der Waals surface area contributed by atoms with Crippen LogP contribution in [-0.2, 0) is 0 Å². The third-order valence-corrected chi connectivity index (χ3v) is 7.92. The van der Waals surface area contributed by atoms with E-state index in [2.05, 4.69) is 18.4 Å². The summed E-state index contributed by atoms with van der Waals surface area (Å²) in [6.45, 7) is 8.05. The van der Waals surface area contributed by atoms with Crippen molar-refractivity contribution in [2.45, 2.75) is 39.8 Å². The quantitative estimate of drug-likeness (QED) is 0.233. The number of carbonyl (C=O) groups excluding carboxylic acids is 2. The first-order chi connectivity index (χ1) is 19.4. The molecule has 0 aliphatic carbocycles. The van der Waals surface area contributed by atoms with E-state index < -0.39 is 6.04 Å². The molecule has 41 heavy (non-hydrogen) atoms. The van der Waals surface area contributed by atoms with Gasteiger partial charge in [0.15, 0.2) is 5.69 Å². The van der Waals surface area contributed by atoms with Crippen LogP contribution < -0.4 is 9.64 Å². The number of hydrogen-bond donors (Lipinski definition) is 0. The number of imidazole rings is 1. The third kappa shape index (κ3) is 4.87. The molecule has 0 bridgehead atoms. The maximum Gasteiger partial charge on any atom is 0.279 e. The Morgan fingerprint density at radius 3 is 2.29 bits per heavy atom. The average molecular weight is 592 g/mol. The first-order valence-corrected chi connectivity index (χ1v) is 14.1. The van der Waals surface area contributed by atoms with Crippen molar-refractivity contribution in [2.75, 3.05) is 26.1 Å². The van der Waals surface area contributed by atoms with Gasteiger partial charge < -0.3 is 14.2 Å². The molecule has 9 heteroatoms. The van der Waals surface area contributed by atoms with Crippen LogP contribution in [0.1, 0.15) is 69.2 Å². The van der Waals surface area contributed by atoms with Gasteiger partial charge in [0.2, 0.25) is 0 Å². The van der Waals surface area contributed by atoms with Crippen molar-refractivity contribution in [3.63, 3.8) is 0 Å². The van der Waals surface area contributed by atoms with Crippen LogP contribution in [0, 0.1) is 13.8 Å². The van der Waals surface area contributed by atoms with E-state index in [4.69, 9.17) is 32.9 Å². The Balaban J connectivity index is 1.82. The molecule has 0 radical (unpaired) electrons. The number of nitrogens with zero attached hydrogens (tertiary/aromatic N) is 4. The molecule has 212 valence electrons. The molecule has 1 atom stereocenters. The highest BCUT2D eigenvalue weighted by atomic mass is 35.5. The number of hydrogen-bond acceptors (Lipinski definition) is 4. The number of rotatable bonds is 6. The van der Waals surface area contributed by atoms with Crippen molar-refractivity contribution >= 4 is 40.7 Å². The molecule has 0 saturated heterocycles. The first kappa shape index (κ1) is 28.7. The number of benzene rings is 3. The summed E-state index contributed by atoms with van der Waals surface area (Å²) in [6.07, 6.45) is 0. The SMILES string of the molecule is COc1ccc(C(=O)N(C)C)cc1-c1nc2c(n1C(C)C)[C@@H](c1ccc(Cl)cc1C)N(c1cc(Cl)ccc1C)C2=O. The van der Waals surface area contributed by atoms with Crippen LogP contribution in [0.5, 0.6) is 5.75 Å². The summed E-state index contributed by atoms with van der Waals surface area (Å²) < 4.78 is 7.79. The molecule has 0 fully saturated rings. The van der Waals surface area contributed by atoms with Crippen molar-refractivity contribution in [3.05, 3.63) is 98.3 Å². The first-order valence-electron chi connectivity index (χ1n) is 13.3. The van der Waals surface area contributed by atoms with E-state index in [1.54, 1.807) is 44.3 Å². The summed E-state index contributed by atoms with van der Waals surface area (Å²) in [5, 5.41) is 1.15. The number of fused-ring (bicyclic) bond motifs is 1. The summed E-state index contributed by atoms with van der Waals surface area (Å²) in [4.78, 5) is 35.5. The maximum atomic E-state index is 14.4. The van der Waals surface area contributed by atoms with Gasteiger partial charge in [-0.1, -0.05) is 35.3 Å². The average Bonchev–Trinajstić information content (AvgIpc) is 3.44. The van der Waals surface area contributed by atoms with Crippen LogP contribution in [-0.4, -0.2) is 47.5 Å². The second-order valence-electron chi connectivity index (χ2n) is 10.8. The standard InChI is InChI=1S/C32H32Cl2N4O3/c1-17(2)37-29-27(35-30(37)24-15-20(31(39)36(5)6)9-13-26(24)41-7)32(40)38(25-16-22(34)10-8-18(25)3)28(29)23-12-11-21(33)14-19(23)4/h8-17,28H,1-7H3/t28-/m1/s1. The van der Waals surface area contributed by atoms with Crippen molar-refractivity contribution in [1.29, 1.82) is 0 Å². The minimum absolute atomic E-state index is 0.0810. The van der Waals surface area contributed by atoms with Crippen LogP contribution in [0.4, 0.5) is 5.69 Å². The number of ether oxygens (including phenoxy) is 1. The summed E-state index contributed by atoms with van der Waals surface area (Å²) in [5.74, 6) is 0.741. The number of anilines is 1. The van der Waals surface area contributed by atoms with Crippen molar-refractivity contribution in [1.82, 2.24) is 14.5 Å². The number of aryl methyl sites for hydroxylation is 2. The van der Waals surface area contributed by atoms with E-state index in [1.807, 2.05) is 50.2 Å². The zero-order valence-electron chi connectivity index (χ0n) is 24.1. The van der Waals surface area contributed by atoms with Gasteiger partial charge in [-0.05, 0) is 86.8 Å². The van der Waals surface area contributed by atoms with Gasteiger partial charge in [0, 0.05) is 41.4 Å². The van der Waals surface area contributed by atoms with Crippen molar-refractivity contribution in [3.8, 4) is 17.1 Å². The van der Waals surface area contributed by atoms with E-state index in [0.29, 0.717) is 44.1 Å². The molecule has 0 saturated carbocycles. The minimum atomic E-state index is -0.492. The second kappa shape index (κ2) is 10.9. The molecule has 4 aromatic rings. The molecule has 0 N–H and O–H groups in total. The van der Waals surface area contributed by atoms with E-state index in [-0.39, 0.29) is 17.9 Å². The number of amides is 2. The lowest BCUT2D eigenvalue weighted by molar-refractivity contribution is 0.0827. The normalized spacial score (nSPS) is 14.5. The predicted octanol–water partition coefficient (Wildman–Crippen LogP) is 7.51. The maximum absolute atomic E-state index is 14.4. The fraction of sp³-hybridized carbons (Fsp3) is 0.281. The smallest absolute Gasteiger partial charge is 0.279 e. The molecule has 0 spiro atoms. The fourth-order valence-corrected chi connectivity index (χ4v) is 5.92. The molecule has 3 aromatic carbocycles. The summed E-state index contributed by atoms with van der Waals surface area (Å²) in [5.41, 5.74) is 5.74. The lowest BCUT2D eigenvalue weighted by Crippen LogP contribution is -2.31. The topological polar surface area (TPSA) is 67.7 Å². The van der Waals surface area contributed by atoms with E-state index in [0.717, 1.165) is 22.4 Å². The zero-order chi connectivity index (χ0) is 29.7. The molecule has 2 heterocycles. The number of carbonyl (C=O) groups is 2. The number of aromatic nitrogens is 2. The van der Waals surface area contributed by atoms with Gasteiger partial charge in [0.1, 0.15) is 17.6 Å². The van der Waals surface area contributed by atoms with Gasteiger partial charge in [0.05, 0.1) is 18.4 Å². The Kier molecular flexibility index (Phi) is 7.62. The third-order valence-electron chi connectivity index (χ3n) is 7.45. The van der Waals surface area contributed by atoms with E-state index in [9.17, 15) is 9.59 Å². The Labute approximate surface area is 250 Å². The van der Waals surface area contributed by atoms with Crippen molar-refractivity contribution in [2.24, 2.45) is 0 Å². The molecule has 1 aliphatic rings. The molecule has 7 nitrogen and oxygen atoms in total. The Bertz CT molecular complexity index is 1690. The minimum Gasteiger partial charge on any atom is -0.496 e. The molecule has 5 rings (SSSR count). The number of methoxy groups -OCH3 is 1. The molecular weight excluding hydrogens is 559 g/mol. The van der Waals surface area contributed by atoms with Gasteiger partial charge in [-0.3, -0.25) is 14.5 Å². The summed E-state index contributed by atoms with van der Waals surface area (Å²) in [7, 11) is 5.00. The highest BCUT2D eigenvalue weighted by Gasteiger charge is 2.45. The highest BCUT2D eigenvalue weighted by Crippen LogP contribution is 2.47. The van der Waals surface area contributed by atoms with Gasteiger partial charge in [0.25, 0.3) is 11.8 Å². The van der Waals surface area contributed by atoms with Crippen LogP contribution in [0.3, 0.4) is 0 Å². The van der Waals surface area contributed by atoms with Crippen molar-refractivity contribution < 1.29 is 14.3 Å². The fourth-order valence-electron chi connectivity index (χ4n) is 5.53. The summed E-state index contributed by atoms with van der Waals surface area (Å²) in [6, 6.07) is 16.0. The zero-order valence-corrected chi connectivity index (χ0v) is 25.6. The second-order valence-corrected chi connectivity index (χ2v) is 11.6. The van der Waals surface area contributed by atoms with Gasteiger partial charge in [-0.25, -0.2) is 4.98 Å². The lowest BCUT2D eigenvalue weighted by atomic mass is 9.97. The lowest BCUT2D eigenvalue weighted by Gasteiger charge is -2.30. The van der Waals surface area contributed by atoms with Crippen LogP contribution >= 0.6 is 23.2 Å². The van der Waals surface area contributed by atoms with E-state index in [1.165, 1.54) is 4.90 Å². The van der Waals surface area contributed by atoms with Gasteiger partial charge in [-0.2, -0.15) is 0 Å². The Hall–Kier alpha value is -3.81. The molecule has 1 aromatic heterocycles.